The zero-order valence-corrected chi connectivity index (χ0v) is 13.7. The molecule has 0 radical (unpaired) electrons. The van der Waals surface area contributed by atoms with Crippen LogP contribution in [0.3, 0.4) is 0 Å². The van der Waals surface area contributed by atoms with E-state index in [0.717, 1.165) is 21.9 Å². The lowest BCUT2D eigenvalue weighted by Gasteiger charge is -2.12. The van der Waals surface area contributed by atoms with E-state index in [1.54, 1.807) is 12.1 Å². The second-order valence-electron chi connectivity index (χ2n) is 4.03. The first-order chi connectivity index (χ1) is 9.56. The summed E-state index contributed by atoms with van der Waals surface area (Å²) in [5.41, 5.74) is 9.19. The summed E-state index contributed by atoms with van der Waals surface area (Å²) in [6, 6.07) is 7.17. The van der Waals surface area contributed by atoms with E-state index in [-0.39, 0.29) is 0 Å². The maximum absolute atomic E-state index is 6.24. The third-order valence-electron chi connectivity index (χ3n) is 2.72. The molecule has 4 nitrogen and oxygen atoms in total. The van der Waals surface area contributed by atoms with Gasteiger partial charge in [0.2, 0.25) is 0 Å². The molecule has 0 saturated heterocycles. The third kappa shape index (κ3) is 2.44. The number of fused-ring (bicyclic) bond motifs is 1. The molecule has 0 aliphatic rings. The van der Waals surface area contributed by atoms with Crippen LogP contribution >= 0.6 is 50.9 Å². The number of anilines is 3. The van der Waals surface area contributed by atoms with Crippen LogP contribution in [0.5, 0.6) is 0 Å². The number of aromatic nitrogens is 2. The molecule has 8 heteroatoms. The van der Waals surface area contributed by atoms with Gasteiger partial charge in [0.25, 0.3) is 0 Å². The Morgan fingerprint density at radius 2 is 1.85 bits per heavy atom. The Balaban J connectivity index is 2.15. The molecule has 0 bridgehead atoms. The monoisotopic (exact) mass is 388 g/mol. The molecule has 0 unspecified atom stereocenters. The molecule has 0 fully saturated rings. The molecule has 3 N–H and O–H groups in total. The van der Waals surface area contributed by atoms with Gasteiger partial charge >= 0.3 is 0 Å². The van der Waals surface area contributed by atoms with E-state index in [1.165, 1.54) is 0 Å². The number of nitrogens with one attached hydrogen (secondary N) is 1. The van der Waals surface area contributed by atoms with Crippen molar-refractivity contribution in [3.63, 3.8) is 0 Å². The minimum Gasteiger partial charge on any atom is -0.397 e. The first-order valence-electron chi connectivity index (χ1n) is 5.48. The van der Waals surface area contributed by atoms with E-state index in [1.807, 2.05) is 12.1 Å². The van der Waals surface area contributed by atoms with Gasteiger partial charge < -0.3 is 11.1 Å². The van der Waals surface area contributed by atoms with Crippen molar-refractivity contribution in [2.45, 2.75) is 0 Å². The van der Waals surface area contributed by atoms with Gasteiger partial charge in [-0.05, 0) is 24.3 Å². The molecule has 1 heterocycles. The van der Waals surface area contributed by atoms with Crippen molar-refractivity contribution >= 4 is 79.0 Å². The Hall–Kier alpha value is -1.08. The average Bonchev–Trinajstić information content (AvgIpc) is 2.88. The fourth-order valence-corrected chi connectivity index (χ4v) is 3.28. The van der Waals surface area contributed by atoms with Crippen molar-refractivity contribution in [2.75, 3.05) is 11.1 Å². The van der Waals surface area contributed by atoms with Gasteiger partial charge in [-0.1, -0.05) is 39.1 Å². The summed E-state index contributed by atoms with van der Waals surface area (Å²) in [7, 11) is 0. The smallest absolute Gasteiger partial charge is 0.131 e. The minimum atomic E-state index is 0.467. The summed E-state index contributed by atoms with van der Waals surface area (Å²) in [6.45, 7) is 0. The summed E-state index contributed by atoms with van der Waals surface area (Å²) in [5, 5.41) is 4.14. The van der Waals surface area contributed by atoms with Crippen LogP contribution in [-0.2, 0) is 0 Å². The van der Waals surface area contributed by atoms with Crippen LogP contribution in [0.2, 0.25) is 10.0 Å². The standard InChI is InChI=1S/C12H7BrCl2N4S/c13-5-1-2-8(16)9(3-5)17-10-6(14)4-7(15)11-12(10)19-20-18-11/h1-4,17H,16H2. The number of benzene rings is 2. The minimum absolute atomic E-state index is 0.467. The molecule has 0 aliphatic heterocycles. The first kappa shape index (κ1) is 13.9. The Bertz CT molecular complexity index is 805. The summed E-state index contributed by atoms with van der Waals surface area (Å²) >= 11 is 16.8. The van der Waals surface area contributed by atoms with Gasteiger partial charge in [-0.25, -0.2) is 0 Å². The number of rotatable bonds is 2. The fourth-order valence-electron chi connectivity index (χ4n) is 1.76. The Morgan fingerprint density at radius 3 is 2.65 bits per heavy atom. The van der Waals surface area contributed by atoms with Gasteiger partial charge in [-0.3, -0.25) is 0 Å². The van der Waals surface area contributed by atoms with Crippen LogP contribution < -0.4 is 11.1 Å². The zero-order valence-electron chi connectivity index (χ0n) is 9.82. The number of hydrogen-bond donors (Lipinski definition) is 2. The van der Waals surface area contributed by atoms with Crippen molar-refractivity contribution in [3.8, 4) is 0 Å². The molecule has 1 aromatic heterocycles. The summed E-state index contributed by atoms with van der Waals surface area (Å²) in [4.78, 5) is 0. The lowest BCUT2D eigenvalue weighted by molar-refractivity contribution is 1.53. The van der Waals surface area contributed by atoms with Crippen molar-refractivity contribution in [3.05, 3.63) is 38.8 Å². The number of nitrogens with zero attached hydrogens (tertiary/aromatic N) is 2. The average molecular weight is 390 g/mol. The summed E-state index contributed by atoms with van der Waals surface area (Å²) in [5.74, 6) is 0. The van der Waals surface area contributed by atoms with Crippen LogP contribution in [0.4, 0.5) is 17.1 Å². The van der Waals surface area contributed by atoms with E-state index >= 15 is 0 Å². The van der Waals surface area contributed by atoms with Crippen molar-refractivity contribution in [1.29, 1.82) is 0 Å². The van der Waals surface area contributed by atoms with Crippen molar-refractivity contribution in [1.82, 2.24) is 8.75 Å². The predicted octanol–water partition coefficient (Wildman–Crippen LogP) is 5.09. The lowest BCUT2D eigenvalue weighted by Crippen LogP contribution is -1.98. The fraction of sp³-hybridized carbons (Fsp3) is 0. The number of halogens is 3. The highest BCUT2D eigenvalue weighted by atomic mass is 79.9. The van der Waals surface area contributed by atoms with Crippen LogP contribution in [-0.4, -0.2) is 8.75 Å². The van der Waals surface area contributed by atoms with Crippen LogP contribution in [0.15, 0.2) is 28.7 Å². The molecule has 102 valence electrons. The molecular weight excluding hydrogens is 383 g/mol. The Morgan fingerprint density at radius 1 is 1.10 bits per heavy atom. The highest BCUT2D eigenvalue weighted by molar-refractivity contribution is 9.10. The second kappa shape index (κ2) is 5.37. The summed E-state index contributed by atoms with van der Waals surface area (Å²) in [6.07, 6.45) is 0. The molecule has 0 atom stereocenters. The highest BCUT2D eigenvalue weighted by Gasteiger charge is 2.15. The van der Waals surface area contributed by atoms with Crippen LogP contribution in [0.1, 0.15) is 0 Å². The molecular formula is C12H7BrCl2N4S. The van der Waals surface area contributed by atoms with Crippen LogP contribution in [0.25, 0.3) is 11.0 Å². The molecule has 3 rings (SSSR count). The highest BCUT2D eigenvalue weighted by Crippen LogP contribution is 2.38. The van der Waals surface area contributed by atoms with Crippen molar-refractivity contribution < 1.29 is 0 Å². The summed E-state index contributed by atoms with van der Waals surface area (Å²) < 4.78 is 9.31. The first-order valence-corrected chi connectivity index (χ1v) is 7.76. The number of nitrogens with two attached hydrogens (primary N) is 1. The van der Waals surface area contributed by atoms with E-state index < -0.39 is 0 Å². The van der Waals surface area contributed by atoms with Gasteiger partial charge in [0.1, 0.15) is 11.0 Å². The van der Waals surface area contributed by atoms with E-state index in [2.05, 4.69) is 30.0 Å². The van der Waals surface area contributed by atoms with Gasteiger partial charge in [0.15, 0.2) is 0 Å². The zero-order chi connectivity index (χ0) is 14.3. The van der Waals surface area contributed by atoms with Gasteiger partial charge in [-0.15, -0.1) is 0 Å². The SMILES string of the molecule is Nc1ccc(Br)cc1Nc1c(Cl)cc(Cl)c2nsnc12. The van der Waals surface area contributed by atoms with E-state index in [9.17, 15) is 0 Å². The maximum atomic E-state index is 6.24. The topological polar surface area (TPSA) is 63.8 Å². The Labute approximate surface area is 137 Å². The molecule has 0 spiro atoms. The quantitative estimate of drug-likeness (QED) is 0.599. The number of hydrogen-bond acceptors (Lipinski definition) is 5. The lowest BCUT2D eigenvalue weighted by atomic mass is 10.2. The van der Waals surface area contributed by atoms with E-state index in [4.69, 9.17) is 28.9 Å². The van der Waals surface area contributed by atoms with Gasteiger partial charge in [-0.2, -0.15) is 8.75 Å². The van der Waals surface area contributed by atoms with Gasteiger partial charge in [0.05, 0.1) is 38.8 Å². The third-order valence-corrected chi connectivity index (χ3v) is 4.33. The largest absolute Gasteiger partial charge is 0.397 e. The predicted molar refractivity (Wildman–Crippen MR) is 89.3 cm³/mol. The molecule has 0 aliphatic carbocycles. The molecule has 20 heavy (non-hydrogen) atoms. The maximum Gasteiger partial charge on any atom is 0.131 e. The second-order valence-corrected chi connectivity index (χ2v) is 6.29. The normalized spacial score (nSPS) is 10.9. The van der Waals surface area contributed by atoms with Crippen LogP contribution in [0, 0.1) is 0 Å². The van der Waals surface area contributed by atoms with E-state index in [0.29, 0.717) is 32.5 Å². The molecule has 3 aromatic rings. The molecule has 0 saturated carbocycles. The van der Waals surface area contributed by atoms with Crippen molar-refractivity contribution in [2.24, 2.45) is 0 Å². The molecule has 0 amide bonds. The molecule has 2 aromatic carbocycles. The number of nitrogen functional groups attached to an aromatic ring is 1. The van der Waals surface area contributed by atoms with Gasteiger partial charge in [0, 0.05) is 4.47 Å². The Kier molecular flexibility index (Phi) is 3.72.